The number of nitrogens with zero attached hydrogens (tertiary/aromatic N) is 2. The van der Waals surface area contributed by atoms with Crippen molar-refractivity contribution in [2.24, 2.45) is 0 Å². The zero-order valence-electron chi connectivity index (χ0n) is 16.1. The number of fused-ring (bicyclic) bond motifs is 3. The Hall–Kier alpha value is -2.04. The SMILES string of the molecule is CC(C)(C)OC(=O)N1CCC[C@H]1c1nc2ccccc2c2cc(Cl)cc(Cl)c12. The third-order valence-electron chi connectivity index (χ3n) is 4.94. The minimum Gasteiger partial charge on any atom is -0.444 e. The molecule has 0 radical (unpaired) electrons. The molecule has 0 spiro atoms. The zero-order valence-corrected chi connectivity index (χ0v) is 17.6. The summed E-state index contributed by atoms with van der Waals surface area (Å²) >= 11 is 12.9. The van der Waals surface area contributed by atoms with Gasteiger partial charge < -0.3 is 4.74 Å². The summed E-state index contributed by atoms with van der Waals surface area (Å²) in [7, 11) is 0. The first-order valence-corrected chi connectivity index (χ1v) is 10.2. The van der Waals surface area contributed by atoms with Crippen LogP contribution >= 0.6 is 23.2 Å². The van der Waals surface area contributed by atoms with Crippen LogP contribution in [0.2, 0.25) is 10.0 Å². The number of benzene rings is 2. The average Bonchev–Trinajstić information content (AvgIpc) is 3.09. The number of hydrogen-bond acceptors (Lipinski definition) is 3. The van der Waals surface area contributed by atoms with Gasteiger partial charge in [-0.2, -0.15) is 0 Å². The highest BCUT2D eigenvalue weighted by molar-refractivity contribution is 6.39. The molecule has 2 heterocycles. The number of ether oxygens (including phenoxy) is 1. The number of carbonyl (C=O) groups excluding carboxylic acids is 1. The van der Waals surface area contributed by atoms with E-state index in [1.54, 1.807) is 11.0 Å². The molecule has 1 fully saturated rings. The summed E-state index contributed by atoms with van der Waals surface area (Å²) in [6.45, 7) is 6.26. The molecular weight excluding hydrogens is 395 g/mol. The lowest BCUT2D eigenvalue weighted by Gasteiger charge is -2.29. The highest BCUT2D eigenvalue weighted by atomic mass is 35.5. The highest BCUT2D eigenvalue weighted by Gasteiger charge is 2.35. The number of amides is 1. The Morgan fingerprint density at radius 2 is 1.93 bits per heavy atom. The Kier molecular flexibility index (Phi) is 4.88. The summed E-state index contributed by atoms with van der Waals surface area (Å²) in [6, 6.07) is 11.4. The van der Waals surface area contributed by atoms with Crippen molar-refractivity contribution < 1.29 is 9.53 Å². The summed E-state index contributed by atoms with van der Waals surface area (Å²) < 4.78 is 5.63. The molecule has 2 aromatic carbocycles. The van der Waals surface area contributed by atoms with Crippen LogP contribution in [0.4, 0.5) is 4.79 Å². The molecule has 0 unspecified atom stereocenters. The van der Waals surface area contributed by atoms with Crippen LogP contribution in [0.15, 0.2) is 36.4 Å². The first-order chi connectivity index (χ1) is 13.2. The van der Waals surface area contributed by atoms with Crippen molar-refractivity contribution in [3.63, 3.8) is 0 Å². The second-order valence-electron chi connectivity index (χ2n) is 8.16. The van der Waals surface area contributed by atoms with Crippen molar-refractivity contribution >= 4 is 51.0 Å². The van der Waals surface area contributed by atoms with E-state index in [2.05, 4.69) is 0 Å². The minimum absolute atomic E-state index is 0.180. The van der Waals surface area contributed by atoms with Gasteiger partial charge in [-0.05, 0) is 57.2 Å². The van der Waals surface area contributed by atoms with Crippen LogP contribution in [0, 0.1) is 0 Å². The molecule has 1 saturated heterocycles. The largest absolute Gasteiger partial charge is 0.444 e. The standard InChI is InChI=1S/C22H22Cl2N2O2/c1-22(2,3)28-21(27)26-10-6-9-18(26)20-19-15(11-13(23)12-16(19)24)14-7-4-5-8-17(14)25-20/h4-5,7-8,11-12,18H,6,9-10H2,1-3H3/t18-/m0/s1. The molecule has 4 rings (SSSR count). The second-order valence-corrected chi connectivity index (χ2v) is 9.00. The van der Waals surface area contributed by atoms with Crippen molar-refractivity contribution in [1.29, 1.82) is 0 Å². The van der Waals surface area contributed by atoms with Crippen molar-refractivity contribution in [3.05, 3.63) is 52.1 Å². The van der Waals surface area contributed by atoms with E-state index in [0.717, 1.165) is 40.2 Å². The minimum atomic E-state index is -0.547. The summed E-state index contributed by atoms with van der Waals surface area (Å²) in [5, 5.41) is 3.92. The number of para-hydroxylation sites is 1. The summed E-state index contributed by atoms with van der Waals surface area (Å²) in [5.41, 5.74) is 1.12. The molecule has 1 amide bonds. The maximum atomic E-state index is 12.8. The van der Waals surface area contributed by atoms with Crippen LogP contribution < -0.4 is 0 Å². The first-order valence-electron chi connectivity index (χ1n) is 9.41. The normalized spacial score (nSPS) is 17.5. The summed E-state index contributed by atoms with van der Waals surface area (Å²) in [6.07, 6.45) is 1.40. The van der Waals surface area contributed by atoms with E-state index in [1.165, 1.54) is 0 Å². The molecule has 6 heteroatoms. The van der Waals surface area contributed by atoms with E-state index in [-0.39, 0.29) is 12.1 Å². The molecule has 28 heavy (non-hydrogen) atoms. The van der Waals surface area contributed by atoms with Gasteiger partial charge >= 0.3 is 6.09 Å². The van der Waals surface area contributed by atoms with Crippen LogP contribution in [0.1, 0.15) is 45.3 Å². The van der Waals surface area contributed by atoms with Gasteiger partial charge in [-0.3, -0.25) is 4.90 Å². The third kappa shape index (κ3) is 3.51. The number of aromatic nitrogens is 1. The van der Waals surface area contributed by atoms with Gasteiger partial charge in [0.1, 0.15) is 5.60 Å². The predicted molar refractivity (Wildman–Crippen MR) is 114 cm³/mol. The lowest BCUT2D eigenvalue weighted by Crippen LogP contribution is -2.36. The van der Waals surface area contributed by atoms with Crippen LogP contribution in [0.25, 0.3) is 21.7 Å². The number of likely N-dealkylation sites (tertiary alicyclic amines) is 1. The van der Waals surface area contributed by atoms with E-state index in [4.69, 9.17) is 32.9 Å². The van der Waals surface area contributed by atoms with Gasteiger partial charge in [-0.25, -0.2) is 9.78 Å². The van der Waals surface area contributed by atoms with Crippen LogP contribution in [0.3, 0.4) is 0 Å². The number of carbonyl (C=O) groups is 1. The monoisotopic (exact) mass is 416 g/mol. The average molecular weight is 417 g/mol. The topological polar surface area (TPSA) is 42.4 Å². The maximum Gasteiger partial charge on any atom is 0.410 e. The van der Waals surface area contributed by atoms with E-state index < -0.39 is 5.60 Å². The Morgan fingerprint density at radius 1 is 1.18 bits per heavy atom. The van der Waals surface area contributed by atoms with Gasteiger partial charge in [0.2, 0.25) is 0 Å². The van der Waals surface area contributed by atoms with Gasteiger partial charge in [-0.15, -0.1) is 0 Å². The van der Waals surface area contributed by atoms with Gasteiger partial charge in [0, 0.05) is 22.3 Å². The van der Waals surface area contributed by atoms with Crippen LogP contribution in [-0.4, -0.2) is 28.1 Å². The van der Waals surface area contributed by atoms with Crippen LogP contribution in [0.5, 0.6) is 0 Å². The van der Waals surface area contributed by atoms with Gasteiger partial charge in [0.05, 0.1) is 22.3 Å². The number of rotatable bonds is 1. The van der Waals surface area contributed by atoms with Crippen molar-refractivity contribution in [3.8, 4) is 0 Å². The molecule has 4 nitrogen and oxygen atoms in total. The van der Waals surface area contributed by atoms with Crippen molar-refractivity contribution in [2.45, 2.75) is 45.3 Å². The summed E-state index contributed by atoms with van der Waals surface area (Å²) in [5.74, 6) is 0. The zero-order chi connectivity index (χ0) is 20.1. The van der Waals surface area contributed by atoms with Gasteiger partial charge in [0.15, 0.2) is 0 Å². The number of hydrogen-bond donors (Lipinski definition) is 0. The fourth-order valence-electron chi connectivity index (χ4n) is 3.86. The molecule has 0 bridgehead atoms. The molecular formula is C22H22Cl2N2O2. The Morgan fingerprint density at radius 3 is 2.68 bits per heavy atom. The maximum absolute atomic E-state index is 12.8. The molecule has 1 atom stereocenters. The number of halogens is 2. The van der Waals surface area contributed by atoms with Crippen LogP contribution in [-0.2, 0) is 4.74 Å². The van der Waals surface area contributed by atoms with Gasteiger partial charge in [-0.1, -0.05) is 41.4 Å². The molecule has 0 saturated carbocycles. The first kappa shape index (κ1) is 19.3. The molecule has 1 aromatic heterocycles. The Labute approximate surface area is 174 Å². The molecule has 146 valence electrons. The van der Waals surface area contributed by atoms with Crippen molar-refractivity contribution in [2.75, 3.05) is 6.54 Å². The molecule has 1 aliphatic heterocycles. The molecule has 0 aliphatic carbocycles. The van der Waals surface area contributed by atoms with E-state index in [1.807, 2.05) is 51.1 Å². The van der Waals surface area contributed by atoms with E-state index in [0.29, 0.717) is 16.6 Å². The Bertz CT molecular complexity index is 1080. The van der Waals surface area contributed by atoms with E-state index >= 15 is 0 Å². The second kappa shape index (κ2) is 7.09. The molecule has 1 aliphatic rings. The highest BCUT2D eigenvalue weighted by Crippen LogP contribution is 2.41. The van der Waals surface area contributed by atoms with E-state index in [9.17, 15) is 4.79 Å². The smallest absolute Gasteiger partial charge is 0.410 e. The van der Waals surface area contributed by atoms with Crippen molar-refractivity contribution in [1.82, 2.24) is 9.88 Å². The fraction of sp³-hybridized carbons (Fsp3) is 0.364. The summed E-state index contributed by atoms with van der Waals surface area (Å²) in [4.78, 5) is 19.5. The van der Waals surface area contributed by atoms with Gasteiger partial charge in [0.25, 0.3) is 0 Å². The molecule has 3 aromatic rings. The third-order valence-corrected chi connectivity index (χ3v) is 5.46. The lowest BCUT2D eigenvalue weighted by atomic mass is 9.99. The fourth-order valence-corrected chi connectivity index (χ4v) is 4.45. The predicted octanol–water partition coefficient (Wildman–Crippen LogP) is 6.77. The number of pyridine rings is 1. The Balaban J connectivity index is 1.91. The lowest BCUT2D eigenvalue weighted by molar-refractivity contribution is 0.0223. The quantitative estimate of drug-likeness (QED) is 0.411. The molecule has 0 N–H and O–H groups in total.